The largest absolute Gasteiger partial charge is 0.480 e. The predicted molar refractivity (Wildman–Crippen MR) is 225 cm³/mol. The summed E-state index contributed by atoms with van der Waals surface area (Å²) in [6.07, 6.45) is 2.96. The smallest absolute Gasteiger partial charge is 0.326 e. The molecule has 0 bridgehead atoms. The van der Waals surface area contributed by atoms with Crippen LogP contribution in [0.1, 0.15) is 99.1 Å². The van der Waals surface area contributed by atoms with E-state index in [0.717, 1.165) is 0 Å². The number of unbranched alkanes of at least 4 members (excludes halogenated alkanes) is 1. The Morgan fingerprint density at radius 2 is 1.15 bits per heavy atom. The van der Waals surface area contributed by atoms with Crippen molar-refractivity contribution in [1.82, 2.24) is 47.2 Å². The lowest BCUT2D eigenvalue weighted by Crippen LogP contribution is -2.63. The minimum Gasteiger partial charge on any atom is -0.480 e. The first kappa shape index (κ1) is 54.3. The van der Waals surface area contributed by atoms with Crippen LogP contribution in [0.2, 0.25) is 0 Å². The van der Waals surface area contributed by atoms with Crippen LogP contribution in [0.15, 0.2) is 12.5 Å². The van der Waals surface area contributed by atoms with E-state index in [0.29, 0.717) is 44.3 Å². The highest BCUT2D eigenvalue weighted by atomic mass is 16.4. The highest BCUT2D eigenvalue weighted by Gasteiger charge is 2.37. The maximum Gasteiger partial charge on any atom is 0.326 e. The molecule has 0 radical (unpaired) electrons. The molecule has 0 aromatic carbocycles. The van der Waals surface area contributed by atoms with Crippen LogP contribution in [0.5, 0.6) is 0 Å². The second kappa shape index (κ2) is 27.3. The Hall–Kier alpha value is -5.68. The van der Waals surface area contributed by atoms with E-state index in [4.69, 9.17) is 17.2 Å². The fraction of sp³-hybridized carbons (Fsp3) is 0.692. The number of aliphatic hydroxyl groups excluding tert-OH is 1. The molecule has 11 atom stereocenters. The van der Waals surface area contributed by atoms with E-state index >= 15 is 0 Å². The number of carboxylic acids is 1. The van der Waals surface area contributed by atoms with E-state index in [1.54, 1.807) is 27.7 Å². The molecule has 62 heavy (non-hydrogen) atoms. The molecule has 8 amide bonds. The number of aromatic amines is 1. The number of aromatic nitrogens is 2. The summed E-state index contributed by atoms with van der Waals surface area (Å²) in [5, 5.41) is 37.5. The van der Waals surface area contributed by atoms with E-state index < -0.39 is 120 Å². The summed E-state index contributed by atoms with van der Waals surface area (Å²) in [6.45, 7) is 11.2. The number of hydrogen-bond donors (Lipinski definition) is 13. The van der Waals surface area contributed by atoms with Crippen molar-refractivity contribution in [1.29, 1.82) is 0 Å². The van der Waals surface area contributed by atoms with E-state index in [1.807, 2.05) is 0 Å². The average molecular weight is 881 g/mol. The van der Waals surface area contributed by atoms with Crippen LogP contribution in [-0.2, 0) is 49.6 Å². The Bertz CT molecular complexity index is 1660. The molecule has 0 spiro atoms. The molecule has 1 heterocycles. The van der Waals surface area contributed by atoms with Crippen molar-refractivity contribution in [3.05, 3.63) is 18.2 Å². The molecular weight excluding hydrogens is 813 g/mol. The number of nitrogens with two attached hydrogens (primary N) is 3. The van der Waals surface area contributed by atoms with Gasteiger partial charge in [0, 0.05) is 19.0 Å². The lowest BCUT2D eigenvalue weighted by molar-refractivity contribution is -0.142. The van der Waals surface area contributed by atoms with Gasteiger partial charge in [-0.25, -0.2) is 9.78 Å². The van der Waals surface area contributed by atoms with E-state index in [2.05, 4.69) is 47.2 Å². The Labute approximate surface area is 361 Å². The number of carbonyl (C=O) groups is 9. The first-order valence-corrected chi connectivity index (χ1v) is 20.8. The minimum atomic E-state index is -1.57. The normalized spacial score (nSPS) is 16.5. The number of hydrogen-bond acceptors (Lipinski definition) is 13. The van der Waals surface area contributed by atoms with Gasteiger partial charge in [0.15, 0.2) is 0 Å². The lowest BCUT2D eigenvalue weighted by Gasteiger charge is -2.31. The standard InChI is InChI=1S/C39H68N12O11/c1-8-19(3)29(36(58)48-27(16-24-17-43-18-44-24)35(57)46-21(5)32(54)47-26(39(61)62)13-14-28(42)53)49-37(59)30(20(4)9-2)50-38(60)31(23(7)52)51-33(55)22(6)45-34(56)25(41)12-10-11-15-40/h17-23,25-27,29-31,52H,8-16,40-41H2,1-7H3,(H2,42,53)(H,43,44)(H,45,56)(H,46,57)(H,47,54)(H,48,58)(H,49,59)(H,50,60)(H,51,55)(H,61,62)/t19-,20-,21-,22-,23+,25-,26-,27-,29-,30-,31-/m0/s1. The molecule has 23 nitrogen and oxygen atoms in total. The van der Waals surface area contributed by atoms with Crippen LogP contribution in [0.4, 0.5) is 0 Å². The molecule has 0 saturated carbocycles. The van der Waals surface area contributed by atoms with E-state index in [9.17, 15) is 53.4 Å². The van der Waals surface area contributed by atoms with E-state index in [1.165, 1.54) is 33.3 Å². The van der Waals surface area contributed by atoms with Crippen LogP contribution in [-0.4, -0.2) is 134 Å². The molecule has 0 unspecified atom stereocenters. The number of aliphatic carboxylic acids is 1. The molecule has 0 aliphatic heterocycles. The van der Waals surface area contributed by atoms with Crippen molar-refractivity contribution < 1.29 is 53.4 Å². The van der Waals surface area contributed by atoms with Crippen molar-refractivity contribution in [2.24, 2.45) is 29.0 Å². The number of primary amides is 1. The summed E-state index contributed by atoms with van der Waals surface area (Å²) in [5.41, 5.74) is 16.9. The Morgan fingerprint density at radius 1 is 0.661 bits per heavy atom. The van der Waals surface area contributed by atoms with Crippen molar-refractivity contribution in [2.45, 2.75) is 154 Å². The second-order valence-electron chi connectivity index (χ2n) is 15.6. The number of rotatable bonds is 29. The Balaban J connectivity index is 3.25. The third-order valence-corrected chi connectivity index (χ3v) is 10.4. The van der Waals surface area contributed by atoms with Gasteiger partial charge in [-0.3, -0.25) is 38.4 Å². The van der Waals surface area contributed by atoms with Crippen LogP contribution in [0, 0.1) is 11.8 Å². The number of nitrogens with zero attached hydrogens (tertiary/aromatic N) is 1. The minimum absolute atomic E-state index is 0.172. The fourth-order valence-electron chi connectivity index (χ4n) is 5.90. The highest BCUT2D eigenvalue weighted by molar-refractivity contribution is 5.98. The van der Waals surface area contributed by atoms with Gasteiger partial charge in [0.1, 0.15) is 42.3 Å². The number of carbonyl (C=O) groups excluding carboxylic acids is 8. The first-order valence-electron chi connectivity index (χ1n) is 20.8. The van der Waals surface area contributed by atoms with Gasteiger partial charge in [0.2, 0.25) is 47.3 Å². The van der Waals surface area contributed by atoms with Gasteiger partial charge in [0.25, 0.3) is 0 Å². The predicted octanol–water partition coefficient (Wildman–Crippen LogP) is -3.34. The molecule has 0 saturated heterocycles. The number of aliphatic hydroxyl groups is 1. The van der Waals surface area contributed by atoms with Crippen LogP contribution >= 0.6 is 0 Å². The van der Waals surface area contributed by atoms with Crippen molar-refractivity contribution in [2.75, 3.05) is 6.54 Å². The topological polar surface area (TPSA) is 385 Å². The maximum atomic E-state index is 14.0. The number of H-pyrrole nitrogens is 1. The lowest BCUT2D eigenvalue weighted by atomic mass is 9.94. The molecule has 1 rings (SSSR count). The zero-order chi connectivity index (χ0) is 47.3. The summed E-state index contributed by atoms with van der Waals surface area (Å²) in [7, 11) is 0. The molecule has 0 fully saturated rings. The molecule has 0 aliphatic carbocycles. The summed E-state index contributed by atoms with van der Waals surface area (Å²) < 4.78 is 0. The molecule has 0 aliphatic rings. The van der Waals surface area contributed by atoms with Gasteiger partial charge in [-0.15, -0.1) is 0 Å². The SMILES string of the molecule is CC[C@H](C)[C@H](NC(=O)[C@@H](NC(=O)[C@H](C)NC(=O)[C@@H](N)CCCCN)[C@@H](C)O)C(=O)N[C@H](C(=O)N[C@@H](Cc1c[nH]cn1)C(=O)N[C@@H](C)C(=O)N[C@@H](CCC(N)=O)C(=O)O)[C@@H](C)CC. The summed E-state index contributed by atoms with van der Waals surface area (Å²) in [4.78, 5) is 123. The van der Waals surface area contributed by atoms with Crippen LogP contribution in [0.25, 0.3) is 0 Å². The van der Waals surface area contributed by atoms with Crippen LogP contribution in [0.3, 0.4) is 0 Å². The number of nitrogens with one attached hydrogen (secondary N) is 8. The molecule has 23 heteroatoms. The highest BCUT2D eigenvalue weighted by Crippen LogP contribution is 2.14. The van der Waals surface area contributed by atoms with Gasteiger partial charge in [-0.05, 0) is 58.4 Å². The Morgan fingerprint density at radius 3 is 1.61 bits per heavy atom. The van der Waals surface area contributed by atoms with Gasteiger partial charge < -0.3 is 69.6 Å². The third-order valence-electron chi connectivity index (χ3n) is 10.4. The zero-order valence-corrected chi connectivity index (χ0v) is 36.6. The number of carboxylic acid groups (broad SMARTS) is 1. The van der Waals surface area contributed by atoms with E-state index in [-0.39, 0.29) is 19.3 Å². The van der Waals surface area contributed by atoms with Crippen molar-refractivity contribution in [3.63, 3.8) is 0 Å². The Kier molecular flexibility index (Phi) is 23.9. The summed E-state index contributed by atoms with van der Waals surface area (Å²) in [5.74, 6) is -8.90. The summed E-state index contributed by atoms with van der Waals surface area (Å²) in [6, 6.07) is -10.3. The molecule has 16 N–H and O–H groups in total. The number of imidazole rings is 1. The molecular formula is C39H68N12O11. The maximum absolute atomic E-state index is 14.0. The van der Waals surface area contributed by atoms with Crippen LogP contribution < -0.4 is 54.4 Å². The quantitative estimate of drug-likeness (QED) is 0.0350. The van der Waals surface area contributed by atoms with Gasteiger partial charge in [-0.1, -0.05) is 47.0 Å². The summed E-state index contributed by atoms with van der Waals surface area (Å²) >= 11 is 0. The van der Waals surface area contributed by atoms with Gasteiger partial charge >= 0.3 is 5.97 Å². The zero-order valence-electron chi connectivity index (χ0n) is 36.6. The monoisotopic (exact) mass is 881 g/mol. The third kappa shape index (κ3) is 18.5. The first-order chi connectivity index (χ1) is 29.1. The molecule has 1 aromatic rings. The van der Waals surface area contributed by atoms with Crippen molar-refractivity contribution >= 4 is 53.2 Å². The molecule has 1 aromatic heterocycles. The fourth-order valence-corrected chi connectivity index (χ4v) is 5.90. The number of amides is 8. The second-order valence-corrected chi connectivity index (χ2v) is 15.6. The van der Waals surface area contributed by atoms with Gasteiger partial charge in [0.05, 0.1) is 24.2 Å². The molecule has 350 valence electrons. The van der Waals surface area contributed by atoms with Gasteiger partial charge in [-0.2, -0.15) is 0 Å². The van der Waals surface area contributed by atoms with Crippen molar-refractivity contribution in [3.8, 4) is 0 Å². The average Bonchev–Trinajstić information content (AvgIpc) is 3.73.